The number of aliphatic hydroxyl groups is 1. The Morgan fingerprint density at radius 2 is 2.00 bits per heavy atom. The Kier molecular flexibility index (Phi) is 4.89. The van der Waals surface area contributed by atoms with Crippen LogP contribution in [0.15, 0.2) is 6.07 Å². The molecular formula is C26H37NO5. The molecule has 2 aliphatic carbocycles. The molecule has 6 nitrogen and oxygen atoms in total. The summed E-state index contributed by atoms with van der Waals surface area (Å²) in [5.41, 5.74) is 1.05. The molecule has 2 fully saturated rings. The Balaban J connectivity index is 1.70. The van der Waals surface area contributed by atoms with Crippen molar-refractivity contribution in [3.8, 4) is 11.5 Å². The van der Waals surface area contributed by atoms with Crippen LogP contribution in [0.3, 0.4) is 0 Å². The van der Waals surface area contributed by atoms with Crippen molar-refractivity contribution < 1.29 is 24.5 Å². The zero-order valence-corrected chi connectivity index (χ0v) is 20.0. The molecule has 4 aliphatic rings. The molecule has 5 rings (SSSR count). The number of hydrogen-bond donors (Lipinski definition) is 3. The largest absolute Gasteiger partial charge is 0.508 e. The first kappa shape index (κ1) is 22.0. The summed E-state index contributed by atoms with van der Waals surface area (Å²) in [7, 11) is 0. The molecule has 32 heavy (non-hydrogen) atoms. The third kappa shape index (κ3) is 2.68. The standard InChI is InChI=1S/C26H37NO5/c1-6-11-31-23-20-15(22(30)27-23)12-17(28)16-13-25(5)14(2)7-8-18-24(3,4)19(29)9-10-26(18,25)32-21(16)20/h12,14,18-19,23,28-29H,6-11,13H2,1-5H3,(H,27,30)/t14-,18-,19-,23?,25+,26-/m0/s1. The van der Waals surface area contributed by atoms with E-state index < -0.39 is 11.8 Å². The first-order valence-electron chi connectivity index (χ1n) is 12.2. The minimum Gasteiger partial charge on any atom is -0.508 e. The molecule has 2 heterocycles. The lowest BCUT2D eigenvalue weighted by Crippen LogP contribution is -2.70. The lowest BCUT2D eigenvalue weighted by Gasteiger charge is -2.67. The Morgan fingerprint density at radius 3 is 2.72 bits per heavy atom. The van der Waals surface area contributed by atoms with Gasteiger partial charge in [0.2, 0.25) is 0 Å². The zero-order valence-electron chi connectivity index (χ0n) is 20.0. The highest BCUT2D eigenvalue weighted by Crippen LogP contribution is 2.67. The number of phenolic OH excluding ortho intramolecular Hbond substituents is 1. The second kappa shape index (κ2) is 7.10. The summed E-state index contributed by atoms with van der Waals surface area (Å²) < 4.78 is 13.1. The number of carbonyl (C=O) groups is 1. The topological polar surface area (TPSA) is 88.0 Å². The number of rotatable bonds is 3. The van der Waals surface area contributed by atoms with Crippen molar-refractivity contribution in [1.29, 1.82) is 0 Å². The molecule has 6 heteroatoms. The van der Waals surface area contributed by atoms with Crippen LogP contribution in [0.2, 0.25) is 0 Å². The highest BCUT2D eigenvalue weighted by molar-refractivity contribution is 6.00. The summed E-state index contributed by atoms with van der Waals surface area (Å²) >= 11 is 0. The van der Waals surface area contributed by atoms with Crippen LogP contribution in [0.4, 0.5) is 0 Å². The summed E-state index contributed by atoms with van der Waals surface area (Å²) in [6.45, 7) is 11.5. The van der Waals surface area contributed by atoms with Gasteiger partial charge in [0.1, 0.15) is 17.1 Å². The molecule has 1 aromatic carbocycles. The summed E-state index contributed by atoms with van der Waals surface area (Å²) in [5, 5.41) is 24.8. The van der Waals surface area contributed by atoms with Gasteiger partial charge in [-0.2, -0.15) is 0 Å². The van der Waals surface area contributed by atoms with Crippen LogP contribution in [0.5, 0.6) is 11.5 Å². The van der Waals surface area contributed by atoms with Crippen LogP contribution in [0, 0.1) is 22.7 Å². The average Bonchev–Trinajstić information content (AvgIpc) is 3.05. The monoisotopic (exact) mass is 443 g/mol. The molecule has 176 valence electrons. The number of fused-ring (bicyclic) bond motifs is 3. The molecule has 1 spiro atoms. The second-order valence-corrected chi connectivity index (χ2v) is 11.4. The molecule has 1 aromatic rings. The lowest BCUT2D eigenvalue weighted by molar-refractivity contribution is -0.234. The first-order chi connectivity index (χ1) is 15.1. The molecule has 0 aromatic heterocycles. The number of nitrogens with one attached hydrogen (secondary N) is 1. The van der Waals surface area contributed by atoms with Crippen molar-refractivity contribution in [2.75, 3.05) is 6.61 Å². The van der Waals surface area contributed by atoms with Crippen molar-refractivity contribution in [2.45, 2.75) is 91.1 Å². The van der Waals surface area contributed by atoms with E-state index in [0.29, 0.717) is 36.7 Å². The Bertz CT molecular complexity index is 958. The number of benzene rings is 1. The minimum absolute atomic E-state index is 0.130. The van der Waals surface area contributed by atoms with Gasteiger partial charge in [-0.1, -0.05) is 34.6 Å². The summed E-state index contributed by atoms with van der Waals surface area (Å²) in [6, 6.07) is 1.59. The van der Waals surface area contributed by atoms with Crippen molar-refractivity contribution >= 4 is 5.91 Å². The third-order valence-corrected chi connectivity index (χ3v) is 9.54. The van der Waals surface area contributed by atoms with Gasteiger partial charge in [-0.05, 0) is 55.9 Å². The minimum atomic E-state index is -0.561. The highest BCUT2D eigenvalue weighted by atomic mass is 16.5. The Morgan fingerprint density at radius 1 is 1.25 bits per heavy atom. The molecule has 0 saturated heterocycles. The van der Waals surface area contributed by atoms with Crippen LogP contribution in [-0.2, 0) is 11.2 Å². The van der Waals surface area contributed by atoms with E-state index in [1.165, 1.54) is 0 Å². The van der Waals surface area contributed by atoms with E-state index >= 15 is 0 Å². The predicted octanol–water partition coefficient (Wildman–Crippen LogP) is 4.47. The van der Waals surface area contributed by atoms with Gasteiger partial charge < -0.3 is 25.0 Å². The normalized spacial score (nSPS) is 39.2. The smallest absolute Gasteiger partial charge is 0.254 e. The van der Waals surface area contributed by atoms with Gasteiger partial charge >= 0.3 is 0 Å². The lowest BCUT2D eigenvalue weighted by atomic mass is 9.43. The molecule has 2 saturated carbocycles. The van der Waals surface area contributed by atoms with Gasteiger partial charge in [-0.15, -0.1) is 0 Å². The average molecular weight is 444 g/mol. The highest BCUT2D eigenvalue weighted by Gasteiger charge is 2.68. The van der Waals surface area contributed by atoms with Gasteiger partial charge in [0.15, 0.2) is 6.23 Å². The molecular weight excluding hydrogens is 406 g/mol. The zero-order chi connectivity index (χ0) is 23.1. The molecule has 3 N–H and O–H groups in total. The molecule has 0 bridgehead atoms. The fourth-order valence-corrected chi connectivity index (χ4v) is 7.35. The second-order valence-electron chi connectivity index (χ2n) is 11.4. The summed E-state index contributed by atoms with van der Waals surface area (Å²) in [4.78, 5) is 12.7. The fourth-order valence-electron chi connectivity index (χ4n) is 7.35. The van der Waals surface area contributed by atoms with Gasteiger partial charge in [0, 0.05) is 23.5 Å². The first-order valence-corrected chi connectivity index (χ1v) is 12.2. The van der Waals surface area contributed by atoms with Gasteiger partial charge in [-0.25, -0.2) is 0 Å². The predicted molar refractivity (Wildman–Crippen MR) is 121 cm³/mol. The number of amides is 1. The van der Waals surface area contributed by atoms with Crippen LogP contribution < -0.4 is 10.1 Å². The molecule has 6 atom stereocenters. The summed E-state index contributed by atoms with van der Waals surface area (Å²) in [6.07, 6.45) is 4.16. The Labute approximate surface area is 190 Å². The van der Waals surface area contributed by atoms with E-state index in [1.807, 2.05) is 6.92 Å². The van der Waals surface area contributed by atoms with E-state index in [9.17, 15) is 15.0 Å². The maximum absolute atomic E-state index is 12.7. The maximum atomic E-state index is 12.7. The maximum Gasteiger partial charge on any atom is 0.254 e. The fraction of sp³-hybridized carbons (Fsp3) is 0.731. The molecule has 1 unspecified atom stereocenters. The van der Waals surface area contributed by atoms with Crippen LogP contribution in [-0.4, -0.2) is 34.4 Å². The molecule has 2 aliphatic heterocycles. The van der Waals surface area contributed by atoms with Crippen molar-refractivity contribution in [3.05, 3.63) is 22.8 Å². The van der Waals surface area contributed by atoms with E-state index in [1.54, 1.807) is 6.07 Å². The van der Waals surface area contributed by atoms with E-state index in [-0.39, 0.29) is 34.5 Å². The third-order valence-electron chi connectivity index (χ3n) is 9.54. The number of aliphatic hydroxyl groups excluding tert-OH is 1. The number of phenols is 1. The number of ether oxygens (including phenoxy) is 2. The van der Waals surface area contributed by atoms with E-state index in [2.05, 4.69) is 33.0 Å². The van der Waals surface area contributed by atoms with Crippen LogP contribution >= 0.6 is 0 Å². The number of carbonyl (C=O) groups excluding carboxylic acids is 1. The van der Waals surface area contributed by atoms with Crippen molar-refractivity contribution in [2.24, 2.45) is 22.7 Å². The van der Waals surface area contributed by atoms with E-state index in [0.717, 1.165) is 36.8 Å². The van der Waals surface area contributed by atoms with E-state index in [4.69, 9.17) is 9.47 Å². The summed E-state index contributed by atoms with van der Waals surface area (Å²) in [5.74, 6) is 1.12. The SMILES string of the molecule is CCCOC1NC(=O)c2cc(O)c3c(c21)O[C@@]12CC[C@H](O)C(C)(C)[C@@H]1CC[C@H](C)[C@@]2(C)C3. The number of aromatic hydroxyl groups is 1. The van der Waals surface area contributed by atoms with Crippen LogP contribution in [0.1, 0.15) is 94.4 Å². The van der Waals surface area contributed by atoms with Crippen molar-refractivity contribution in [1.82, 2.24) is 5.32 Å². The quantitative estimate of drug-likeness (QED) is 0.642. The number of hydrogen-bond acceptors (Lipinski definition) is 5. The van der Waals surface area contributed by atoms with Gasteiger partial charge in [-0.3, -0.25) is 4.79 Å². The van der Waals surface area contributed by atoms with Crippen LogP contribution in [0.25, 0.3) is 0 Å². The van der Waals surface area contributed by atoms with Crippen molar-refractivity contribution in [3.63, 3.8) is 0 Å². The van der Waals surface area contributed by atoms with Gasteiger partial charge in [0.25, 0.3) is 5.91 Å². The Hall–Kier alpha value is -1.79. The molecule has 0 radical (unpaired) electrons. The van der Waals surface area contributed by atoms with Gasteiger partial charge in [0.05, 0.1) is 17.2 Å². The molecule has 1 amide bonds.